The van der Waals surface area contributed by atoms with Gasteiger partial charge in [-0.2, -0.15) is 0 Å². The zero-order valence-corrected chi connectivity index (χ0v) is 8.21. The average molecular weight is 206 g/mol. The highest BCUT2D eigenvalue weighted by molar-refractivity contribution is 4.91. The molecule has 5 heteroatoms. The molecule has 1 aliphatic rings. The number of hydrogen-bond acceptors (Lipinski definition) is 5. The molecule has 1 unspecified atom stereocenters. The van der Waals surface area contributed by atoms with Crippen LogP contribution in [0.3, 0.4) is 0 Å². The van der Waals surface area contributed by atoms with Crippen LogP contribution in [0.15, 0.2) is 0 Å². The molecule has 1 rings (SSSR count). The molecule has 1 fully saturated rings. The summed E-state index contributed by atoms with van der Waals surface area (Å²) >= 11 is 0. The molecule has 84 valence electrons. The van der Waals surface area contributed by atoms with Gasteiger partial charge in [-0.15, -0.1) is 0 Å². The summed E-state index contributed by atoms with van der Waals surface area (Å²) in [6.45, 7) is 1.58. The number of aliphatic hydroxyl groups is 4. The highest BCUT2D eigenvalue weighted by Crippen LogP contribution is 2.23. The molecule has 0 radical (unpaired) electrons. The van der Waals surface area contributed by atoms with Crippen LogP contribution in [0.1, 0.15) is 19.8 Å². The maximum atomic E-state index is 9.54. The van der Waals surface area contributed by atoms with Crippen molar-refractivity contribution >= 4 is 0 Å². The summed E-state index contributed by atoms with van der Waals surface area (Å²) < 4.78 is 5.26. The lowest BCUT2D eigenvalue weighted by Crippen LogP contribution is -2.58. The summed E-state index contributed by atoms with van der Waals surface area (Å²) in [5.74, 6) is 0. The Labute approximate surface area is 82.9 Å². The van der Waals surface area contributed by atoms with Crippen molar-refractivity contribution in [1.82, 2.24) is 0 Å². The van der Waals surface area contributed by atoms with E-state index in [0.29, 0.717) is 6.42 Å². The monoisotopic (exact) mass is 206 g/mol. The molecule has 4 N–H and O–H groups in total. The molecule has 0 aromatic carbocycles. The Kier molecular flexibility index (Phi) is 4.28. The van der Waals surface area contributed by atoms with E-state index in [1.165, 1.54) is 0 Å². The van der Waals surface area contributed by atoms with Crippen molar-refractivity contribution in [3.8, 4) is 0 Å². The van der Waals surface area contributed by atoms with Crippen LogP contribution in [-0.4, -0.2) is 57.6 Å². The predicted octanol–water partition coefficient (Wildman–Crippen LogP) is -1.37. The van der Waals surface area contributed by atoms with Gasteiger partial charge in [0, 0.05) is 0 Å². The van der Waals surface area contributed by atoms with Crippen LogP contribution in [0, 0.1) is 0 Å². The van der Waals surface area contributed by atoms with E-state index in [1.807, 2.05) is 6.92 Å². The zero-order valence-electron chi connectivity index (χ0n) is 8.21. The van der Waals surface area contributed by atoms with Gasteiger partial charge in [-0.3, -0.25) is 0 Å². The molecule has 0 bridgehead atoms. The van der Waals surface area contributed by atoms with Gasteiger partial charge in [-0.1, -0.05) is 13.3 Å². The zero-order chi connectivity index (χ0) is 10.7. The van der Waals surface area contributed by atoms with Gasteiger partial charge in [0.25, 0.3) is 0 Å². The lowest BCUT2D eigenvalue weighted by molar-refractivity contribution is -0.230. The molecular formula is C9H18O5. The van der Waals surface area contributed by atoms with Crippen molar-refractivity contribution in [2.75, 3.05) is 6.61 Å². The summed E-state index contributed by atoms with van der Waals surface area (Å²) in [5, 5.41) is 37.3. The Morgan fingerprint density at radius 2 is 1.57 bits per heavy atom. The van der Waals surface area contributed by atoms with Gasteiger partial charge < -0.3 is 25.2 Å². The van der Waals surface area contributed by atoms with Crippen LogP contribution in [0.2, 0.25) is 0 Å². The van der Waals surface area contributed by atoms with E-state index < -0.39 is 30.5 Å². The van der Waals surface area contributed by atoms with Crippen molar-refractivity contribution in [1.29, 1.82) is 0 Å². The second-order valence-corrected chi connectivity index (χ2v) is 3.66. The van der Waals surface area contributed by atoms with E-state index in [0.717, 1.165) is 6.42 Å². The largest absolute Gasteiger partial charge is 0.394 e. The van der Waals surface area contributed by atoms with Gasteiger partial charge in [-0.25, -0.2) is 0 Å². The van der Waals surface area contributed by atoms with Gasteiger partial charge in [0.1, 0.15) is 24.4 Å². The summed E-state index contributed by atoms with van der Waals surface area (Å²) in [7, 11) is 0. The maximum absolute atomic E-state index is 9.54. The summed E-state index contributed by atoms with van der Waals surface area (Å²) in [5.41, 5.74) is 0. The molecular weight excluding hydrogens is 188 g/mol. The molecule has 0 aliphatic carbocycles. The Morgan fingerprint density at radius 3 is 2.07 bits per heavy atom. The maximum Gasteiger partial charge on any atom is 0.111 e. The Hall–Kier alpha value is -0.200. The Bertz CT molecular complexity index is 171. The minimum Gasteiger partial charge on any atom is -0.394 e. The number of hydrogen-bond donors (Lipinski definition) is 4. The first-order valence-electron chi connectivity index (χ1n) is 4.92. The van der Waals surface area contributed by atoms with Crippen LogP contribution in [0.25, 0.3) is 0 Å². The van der Waals surface area contributed by atoms with E-state index in [1.54, 1.807) is 0 Å². The summed E-state index contributed by atoms with van der Waals surface area (Å²) in [6, 6.07) is 0. The topological polar surface area (TPSA) is 90.2 Å². The third kappa shape index (κ3) is 2.24. The molecule has 1 heterocycles. The van der Waals surface area contributed by atoms with Gasteiger partial charge in [0.05, 0.1) is 12.7 Å². The molecule has 1 aliphatic heterocycles. The van der Waals surface area contributed by atoms with Crippen molar-refractivity contribution in [3.63, 3.8) is 0 Å². The van der Waals surface area contributed by atoms with E-state index in [4.69, 9.17) is 9.84 Å². The molecule has 0 aromatic heterocycles. The summed E-state index contributed by atoms with van der Waals surface area (Å²) in [6.07, 6.45) is -3.43. The molecule has 0 saturated carbocycles. The quantitative estimate of drug-likeness (QED) is 0.457. The van der Waals surface area contributed by atoms with E-state index in [9.17, 15) is 15.3 Å². The van der Waals surface area contributed by atoms with Gasteiger partial charge in [-0.05, 0) is 6.42 Å². The van der Waals surface area contributed by atoms with E-state index in [2.05, 4.69) is 0 Å². The minimum atomic E-state index is -1.24. The molecule has 0 amide bonds. The third-order valence-electron chi connectivity index (χ3n) is 2.56. The van der Waals surface area contributed by atoms with Gasteiger partial charge in [0.2, 0.25) is 0 Å². The van der Waals surface area contributed by atoms with Crippen LogP contribution >= 0.6 is 0 Å². The van der Waals surface area contributed by atoms with Crippen molar-refractivity contribution in [2.45, 2.75) is 50.3 Å². The molecule has 5 atom stereocenters. The van der Waals surface area contributed by atoms with Gasteiger partial charge >= 0.3 is 0 Å². The van der Waals surface area contributed by atoms with Gasteiger partial charge in [0.15, 0.2) is 0 Å². The fourth-order valence-corrected chi connectivity index (χ4v) is 1.70. The van der Waals surface area contributed by atoms with E-state index >= 15 is 0 Å². The van der Waals surface area contributed by atoms with Crippen molar-refractivity contribution in [2.24, 2.45) is 0 Å². The SMILES string of the molecule is CCCC1O[C@H](CO)[C@@H](O)[C@H](O)[C@H]1O. The number of aliphatic hydroxyl groups excluding tert-OH is 4. The summed E-state index contributed by atoms with van der Waals surface area (Å²) in [4.78, 5) is 0. The second kappa shape index (κ2) is 5.04. The normalized spacial score (nSPS) is 43.9. The highest BCUT2D eigenvalue weighted by atomic mass is 16.5. The van der Waals surface area contributed by atoms with Crippen molar-refractivity contribution < 1.29 is 25.2 Å². The van der Waals surface area contributed by atoms with Crippen LogP contribution in [0.4, 0.5) is 0 Å². The fourth-order valence-electron chi connectivity index (χ4n) is 1.70. The lowest BCUT2D eigenvalue weighted by Gasteiger charge is -2.40. The minimum absolute atomic E-state index is 0.356. The molecule has 0 spiro atoms. The standard InChI is InChI=1S/C9H18O5/c1-2-3-5-7(11)9(13)8(12)6(4-10)14-5/h5-13H,2-4H2,1H3/t5?,6-,7+,8-,9-/m1/s1. The third-order valence-corrected chi connectivity index (χ3v) is 2.56. The highest BCUT2D eigenvalue weighted by Gasteiger charge is 2.42. The fraction of sp³-hybridized carbons (Fsp3) is 1.00. The predicted molar refractivity (Wildman–Crippen MR) is 48.7 cm³/mol. The van der Waals surface area contributed by atoms with Crippen LogP contribution in [0.5, 0.6) is 0 Å². The molecule has 0 aromatic rings. The van der Waals surface area contributed by atoms with Crippen LogP contribution < -0.4 is 0 Å². The van der Waals surface area contributed by atoms with Crippen molar-refractivity contribution in [3.05, 3.63) is 0 Å². The Morgan fingerprint density at radius 1 is 1.00 bits per heavy atom. The molecule has 1 saturated heterocycles. The first-order chi connectivity index (χ1) is 6.61. The molecule has 14 heavy (non-hydrogen) atoms. The first-order valence-corrected chi connectivity index (χ1v) is 4.92. The van der Waals surface area contributed by atoms with E-state index in [-0.39, 0.29) is 6.61 Å². The second-order valence-electron chi connectivity index (χ2n) is 3.66. The average Bonchev–Trinajstić information content (AvgIpc) is 2.19. The van der Waals surface area contributed by atoms with Crippen LogP contribution in [-0.2, 0) is 4.74 Å². The lowest BCUT2D eigenvalue weighted by atomic mass is 9.93. The smallest absolute Gasteiger partial charge is 0.111 e. The Balaban J connectivity index is 2.63. The number of rotatable bonds is 3. The molecule has 5 nitrogen and oxygen atoms in total. The number of ether oxygens (including phenoxy) is 1. The first kappa shape index (κ1) is 11.9.